The number of nitrogens with zero attached hydrogens (tertiary/aromatic N) is 2. The lowest BCUT2D eigenvalue weighted by molar-refractivity contribution is -0.121. The van der Waals surface area contributed by atoms with Gasteiger partial charge < -0.3 is 5.32 Å². The second-order valence-electron chi connectivity index (χ2n) is 6.19. The minimum absolute atomic E-state index is 0.128. The molecule has 26 heavy (non-hydrogen) atoms. The molecule has 136 valence electrons. The average Bonchev–Trinajstić information content (AvgIpc) is 2.86. The normalized spacial score (nSPS) is 12.3. The molecule has 0 aliphatic rings. The molecular weight excluding hydrogens is 373 g/mol. The van der Waals surface area contributed by atoms with Gasteiger partial charge in [-0.05, 0) is 36.8 Å². The first-order valence-electron chi connectivity index (χ1n) is 8.27. The summed E-state index contributed by atoms with van der Waals surface area (Å²) >= 11 is 11.9. The molecule has 0 saturated carbocycles. The van der Waals surface area contributed by atoms with E-state index in [9.17, 15) is 9.59 Å². The lowest BCUT2D eigenvalue weighted by atomic mass is 10.1. The van der Waals surface area contributed by atoms with Crippen LogP contribution in [0.4, 0.5) is 0 Å². The molecule has 1 amide bonds. The van der Waals surface area contributed by atoms with Crippen LogP contribution in [0, 0.1) is 0 Å². The molecule has 1 aromatic heterocycles. The van der Waals surface area contributed by atoms with Crippen LogP contribution in [0.3, 0.4) is 0 Å². The zero-order valence-corrected chi connectivity index (χ0v) is 16.0. The lowest BCUT2D eigenvalue weighted by Crippen LogP contribution is -2.29. The maximum atomic E-state index is 12.4. The molecule has 0 radical (unpaired) electrons. The molecule has 0 spiro atoms. The molecule has 0 bridgehead atoms. The van der Waals surface area contributed by atoms with Gasteiger partial charge in [0.05, 0.1) is 27.1 Å². The Bertz CT molecular complexity index is 1020. The number of carbonyl (C=O) groups is 1. The van der Waals surface area contributed by atoms with Crippen LogP contribution in [0.2, 0.25) is 10.0 Å². The van der Waals surface area contributed by atoms with E-state index >= 15 is 0 Å². The van der Waals surface area contributed by atoms with Crippen molar-refractivity contribution < 1.29 is 4.79 Å². The molecule has 2 aromatic carbocycles. The van der Waals surface area contributed by atoms with Crippen LogP contribution in [-0.4, -0.2) is 15.0 Å². The number of hydrogen-bond donors (Lipinski definition) is 1. The molecule has 0 aliphatic heterocycles. The highest BCUT2D eigenvalue weighted by atomic mass is 35.5. The lowest BCUT2D eigenvalue weighted by Gasteiger charge is -2.15. The van der Waals surface area contributed by atoms with E-state index in [0.29, 0.717) is 16.6 Å². The Morgan fingerprint density at radius 2 is 1.81 bits per heavy atom. The maximum absolute atomic E-state index is 12.4. The zero-order chi connectivity index (χ0) is 18.8. The van der Waals surface area contributed by atoms with Crippen molar-refractivity contribution >= 4 is 40.1 Å². The first kappa shape index (κ1) is 18.5. The molecule has 1 N–H and O–H groups in total. The summed E-state index contributed by atoms with van der Waals surface area (Å²) in [4.78, 5) is 24.7. The van der Waals surface area contributed by atoms with Crippen molar-refractivity contribution in [2.45, 2.75) is 25.9 Å². The van der Waals surface area contributed by atoms with Crippen LogP contribution in [0.1, 0.15) is 24.9 Å². The summed E-state index contributed by atoms with van der Waals surface area (Å²) in [5.74, 6) is -0.136. The highest BCUT2D eigenvalue weighted by Crippen LogP contribution is 2.25. The Morgan fingerprint density at radius 1 is 1.12 bits per heavy atom. The summed E-state index contributed by atoms with van der Waals surface area (Å²) in [6, 6.07) is 12.6. The van der Waals surface area contributed by atoms with E-state index in [1.807, 2.05) is 37.3 Å². The Balaban J connectivity index is 1.69. The molecule has 5 nitrogen and oxygen atoms in total. The number of imidazole rings is 1. The average molecular weight is 392 g/mol. The number of nitrogens with one attached hydrogen (secondary N) is 1. The van der Waals surface area contributed by atoms with Crippen molar-refractivity contribution in [2.24, 2.45) is 7.05 Å². The third kappa shape index (κ3) is 3.64. The van der Waals surface area contributed by atoms with Gasteiger partial charge in [-0.2, -0.15) is 0 Å². The predicted octanol–water partition coefficient (Wildman–Crippen LogP) is 3.91. The van der Waals surface area contributed by atoms with Crippen LogP contribution in [0.5, 0.6) is 0 Å². The maximum Gasteiger partial charge on any atom is 0.328 e. The van der Waals surface area contributed by atoms with E-state index in [1.54, 1.807) is 28.3 Å². The second-order valence-corrected chi connectivity index (χ2v) is 7.01. The minimum Gasteiger partial charge on any atom is -0.350 e. The van der Waals surface area contributed by atoms with Crippen molar-refractivity contribution in [1.82, 2.24) is 14.5 Å². The molecule has 0 saturated heterocycles. The number of hydrogen-bond acceptors (Lipinski definition) is 2. The number of benzene rings is 2. The van der Waals surface area contributed by atoms with Crippen molar-refractivity contribution in [3.8, 4) is 0 Å². The van der Waals surface area contributed by atoms with Gasteiger partial charge in [-0.3, -0.25) is 13.9 Å². The monoisotopic (exact) mass is 391 g/mol. The fourth-order valence-electron chi connectivity index (χ4n) is 2.97. The zero-order valence-electron chi connectivity index (χ0n) is 14.5. The third-order valence-electron chi connectivity index (χ3n) is 4.44. The Morgan fingerprint density at radius 3 is 2.50 bits per heavy atom. The van der Waals surface area contributed by atoms with Crippen LogP contribution in [-0.2, 0) is 18.4 Å². The van der Waals surface area contributed by atoms with Gasteiger partial charge in [0.2, 0.25) is 5.91 Å². The molecule has 1 heterocycles. The van der Waals surface area contributed by atoms with E-state index in [4.69, 9.17) is 23.2 Å². The van der Waals surface area contributed by atoms with Gasteiger partial charge in [0.25, 0.3) is 0 Å². The highest BCUT2D eigenvalue weighted by Gasteiger charge is 2.14. The van der Waals surface area contributed by atoms with Crippen LogP contribution in [0.15, 0.2) is 47.3 Å². The quantitative estimate of drug-likeness (QED) is 0.716. The number of para-hydroxylation sites is 2. The van der Waals surface area contributed by atoms with Crippen LogP contribution >= 0.6 is 23.2 Å². The van der Waals surface area contributed by atoms with Gasteiger partial charge in [-0.25, -0.2) is 4.79 Å². The summed E-state index contributed by atoms with van der Waals surface area (Å²) in [5.41, 5.74) is 2.42. The van der Waals surface area contributed by atoms with Crippen molar-refractivity contribution in [3.63, 3.8) is 0 Å². The van der Waals surface area contributed by atoms with Crippen molar-refractivity contribution in [1.29, 1.82) is 0 Å². The molecule has 0 aliphatic carbocycles. The number of aromatic nitrogens is 2. The molecule has 0 fully saturated rings. The topological polar surface area (TPSA) is 56.0 Å². The first-order valence-corrected chi connectivity index (χ1v) is 9.02. The highest BCUT2D eigenvalue weighted by molar-refractivity contribution is 6.42. The number of rotatable bonds is 5. The van der Waals surface area contributed by atoms with E-state index in [0.717, 1.165) is 16.6 Å². The number of aryl methyl sites for hydroxylation is 2. The van der Waals surface area contributed by atoms with E-state index in [2.05, 4.69) is 5.32 Å². The number of halogens is 2. The van der Waals surface area contributed by atoms with Crippen LogP contribution < -0.4 is 11.0 Å². The Labute approximate surface area is 161 Å². The summed E-state index contributed by atoms with van der Waals surface area (Å²) in [7, 11) is 1.73. The Hall–Kier alpha value is -2.24. The van der Waals surface area contributed by atoms with Gasteiger partial charge in [-0.1, -0.05) is 41.4 Å². The summed E-state index contributed by atoms with van der Waals surface area (Å²) in [6.07, 6.45) is 0.208. The fourth-order valence-corrected chi connectivity index (χ4v) is 3.28. The number of carbonyl (C=O) groups excluding carboxylic acids is 1. The molecule has 1 unspecified atom stereocenters. The molecule has 7 heteroatoms. The second kappa shape index (κ2) is 7.56. The van der Waals surface area contributed by atoms with Crippen LogP contribution in [0.25, 0.3) is 11.0 Å². The summed E-state index contributed by atoms with van der Waals surface area (Å²) in [5, 5.41) is 3.85. The van der Waals surface area contributed by atoms with Crippen molar-refractivity contribution in [2.75, 3.05) is 0 Å². The standard InChI is InChI=1S/C19H19Cl2N3O2/c1-12(13-7-8-14(20)15(21)11-13)22-18(25)9-10-24-17-6-4-3-5-16(17)23(2)19(24)26/h3-8,11-12H,9-10H2,1-2H3,(H,22,25). The molecule has 3 rings (SSSR count). The smallest absolute Gasteiger partial charge is 0.328 e. The molecular formula is C19H19Cl2N3O2. The third-order valence-corrected chi connectivity index (χ3v) is 5.17. The largest absolute Gasteiger partial charge is 0.350 e. The van der Waals surface area contributed by atoms with E-state index < -0.39 is 0 Å². The molecule has 3 aromatic rings. The first-order chi connectivity index (χ1) is 12.4. The predicted molar refractivity (Wildman–Crippen MR) is 105 cm³/mol. The van der Waals surface area contributed by atoms with E-state index in [-0.39, 0.29) is 24.1 Å². The SMILES string of the molecule is CC(NC(=O)CCn1c(=O)n(C)c2ccccc21)c1ccc(Cl)c(Cl)c1. The van der Waals surface area contributed by atoms with E-state index in [1.165, 1.54) is 0 Å². The van der Waals surface area contributed by atoms with Gasteiger partial charge >= 0.3 is 5.69 Å². The van der Waals surface area contributed by atoms with Gasteiger partial charge in [-0.15, -0.1) is 0 Å². The van der Waals surface area contributed by atoms with Gasteiger partial charge in [0.1, 0.15) is 0 Å². The number of fused-ring (bicyclic) bond motifs is 1. The van der Waals surface area contributed by atoms with Gasteiger partial charge in [0.15, 0.2) is 0 Å². The summed E-state index contributed by atoms with van der Waals surface area (Å²) in [6.45, 7) is 2.20. The Kier molecular flexibility index (Phi) is 5.39. The number of amides is 1. The van der Waals surface area contributed by atoms with Crippen molar-refractivity contribution in [3.05, 3.63) is 68.6 Å². The molecule has 1 atom stereocenters. The summed E-state index contributed by atoms with van der Waals surface area (Å²) < 4.78 is 3.21. The minimum atomic E-state index is -0.207. The van der Waals surface area contributed by atoms with Gasteiger partial charge in [0, 0.05) is 20.0 Å². The fraction of sp³-hybridized carbons (Fsp3) is 0.263.